The zero-order valence-electron chi connectivity index (χ0n) is 14.5. The third-order valence-corrected chi connectivity index (χ3v) is 4.25. The van der Waals surface area contributed by atoms with E-state index in [-0.39, 0.29) is 27.1 Å². The molecule has 12 heteroatoms. The highest BCUT2D eigenvalue weighted by Crippen LogP contribution is 2.42. The summed E-state index contributed by atoms with van der Waals surface area (Å²) >= 11 is 9.63. The molecule has 144 valence electrons. The standard InChI is InChI=1S/C15H19N7O3S2/c1-8-10(6-23)15(20-18-13(16)26,12-4-3-5-25-12)11(7-24)9(2)22(8)21-19-14(17)27/h3-7,20-21H,1-2H3,(H3,16,18,26)(H3,17,19,27). The van der Waals surface area contributed by atoms with Crippen molar-refractivity contribution in [3.63, 3.8) is 0 Å². The van der Waals surface area contributed by atoms with Crippen molar-refractivity contribution < 1.29 is 14.0 Å². The Morgan fingerprint density at radius 2 is 1.67 bits per heavy atom. The van der Waals surface area contributed by atoms with Crippen molar-refractivity contribution in [2.24, 2.45) is 11.5 Å². The number of hydrogen-bond donors (Lipinski definition) is 6. The Morgan fingerprint density at radius 3 is 2.07 bits per heavy atom. The van der Waals surface area contributed by atoms with Crippen LogP contribution >= 0.6 is 24.4 Å². The van der Waals surface area contributed by atoms with Gasteiger partial charge in [-0.15, -0.1) is 5.53 Å². The topological polar surface area (TPSA) is 151 Å². The second-order valence-electron chi connectivity index (χ2n) is 5.51. The average Bonchev–Trinajstić information content (AvgIpc) is 3.14. The van der Waals surface area contributed by atoms with Crippen molar-refractivity contribution in [3.05, 3.63) is 46.7 Å². The Balaban J connectivity index is 2.72. The average molecular weight is 409 g/mol. The quantitative estimate of drug-likeness (QED) is 0.192. The summed E-state index contributed by atoms with van der Waals surface area (Å²) in [6.45, 7) is 3.34. The van der Waals surface area contributed by atoms with Gasteiger partial charge in [0.05, 0.1) is 6.26 Å². The van der Waals surface area contributed by atoms with Crippen molar-refractivity contribution in [2.75, 3.05) is 0 Å². The Hall–Kier alpha value is -2.80. The van der Waals surface area contributed by atoms with Gasteiger partial charge in [0.2, 0.25) is 0 Å². The molecule has 0 fully saturated rings. The molecule has 0 aromatic carbocycles. The van der Waals surface area contributed by atoms with Gasteiger partial charge in [0.25, 0.3) is 0 Å². The third kappa shape index (κ3) is 3.68. The van der Waals surface area contributed by atoms with Crippen molar-refractivity contribution in [3.8, 4) is 0 Å². The number of aldehydes is 2. The van der Waals surface area contributed by atoms with E-state index in [4.69, 9.17) is 40.3 Å². The van der Waals surface area contributed by atoms with Crippen LogP contribution in [-0.4, -0.2) is 27.8 Å². The van der Waals surface area contributed by atoms with Crippen LogP contribution in [0.4, 0.5) is 0 Å². The second-order valence-corrected chi connectivity index (χ2v) is 6.39. The van der Waals surface area contributed by atoms with Gasteiger partial charge in [-0.3, -0.25) is 25.4 Å². The first-order valence-corrected chi connectivity index (χ1v) is 8.42. The molecule has 1 aliphatic rings. The van der Waals surface area contributed by atoms with E-state index in [2.05, 4.69) is 21.8 Å². The molecule has 0 bridgehead atoms. The number of carbonyl (C=O) groups excluding carboxylic acids is 2. The molecule has 0 atom stereocenters. The summed E-state index contributed by atoms with van der Waals surface area (Å²) in [5.74, 6) is 0.288. The van der Waals surface area contributed by atoms with Gasteiger partial charge in [0, 0.05) is 22.5 Å². The predicted molar refractivity (Wildman–Crippen MR) is 106 cm³/mol. The van der Waals surface area contributed by atoms with E-state index in [0.717, 1.165) is 0 Å². The smallest absolute Gasteiger partial charge is 0.179 e. The van der Waals surface area contributed by atoms with Crippen LogP contribution in [0.25, 0.3) is 0 Å². The summed E-state index contributed by atoms with van der Waals surface area (Å²) in [5.41, 5.74) is 21.5. The van der Waals surface area contributed by atoms with Crippen LogP contribution in [0, 0.1) is 0 Å². The van der Waals surface area contributed by atoms with E-state index < -0.39 is 5.54 Å². The molecule has 0 unspecified atom stereocenters. The molecule has 1 aliphatic heterocycles. The fourth-order valence-electron chi connectivity index (χ4n) is 2.92. The maximum atomic E-state index is 12.1. The summed E-state index contributed by atoms with van der Waals surface area (Å²) in [6.07, 6.45) is 2.64. The zero-order chi connectivity index (χ0) is 20.2. The highest BCUT2D eigenvalue weighted by molar-refractivity contribution is 7.80. The molecule has 2 rings (SSSR count). The first-order valence-electron chi connectivity index (χ1n) is 7.60. The highest BCUT2D eigenvalue weighted by atomic mass is 32.1. The number of rotatable bonds is 7. The minimum Gasteiger partial charge on any atom is -0.467 e. The Kier molecular flexibility index (Phi) is 6.28. The molecule has 8 N–H and O–H groups in total. The maximum absolute atomic E-state index is 12.1. The van der Waals surface area contributed by atoms with Gasteiger partial charge in [0.1, 0.15) is 5.76 Å². The minimum absolute atomic E-state index is 0.0213. The monoisotopic (exact) mass is 409 g/mol. The molecule has 2 heterocycles. The van der Waals surface area contributed by atoms with Crippen LogP contribution in [-0.2, 0) is 15.1 Å². The maximum Gasteiger partial charge on any atom is 0.179 e. The van der Waals surface area contributed by atoms with Gasteiger partial charge in [-0.05, 0) is 50.4 Å². The molecular weight excluding hydrogens is 390 g/mol. The Labute approximate surface area is 165 Å². The van der Waals surface area contributed by atoms with E-state index >= 15 is 0 Å². The molecule has 10 nitrogen and oxygen atoms in total. The molecular formula is C15H19N7O3S2. The summed E-state index contributed by atoms with van der Waals surface area (Å²) in [7, 11) is 0. The number of carbonyl (C=O) groups is 2. The number of hydrazine groups is 3. The van der Waals surface area contributed by atoms with Gasteiger partial charge in [-0.25, -0.2) is 5.43 Å². The van der Waals surface area contributed by atoms with Crippen LogP contribution < -0.4 is 33.3 Å². The number of furan rings is 1. The van der Waals surface area contributed by atoms with Gasteiger partial charge >= 0.3 is 0 Å². The third-order valence-electron chi connectivity index (χ3n) is 4.05. The lowest BCUT2D eigenvalue weighted by Crippen LogP contribution is -2.60. The van der Waals surface area contributed by atoms with Gasteiger partial charge in [0.15, 0.2) is 28.3 Å². The van der Waals surface area contributed by atoms with Crippen LogP contribution in [0.15, 0.2) is 45.4 Å². The van der Waals surface area contributed by atoms with Gasteiger partial charge in [-0.1, -0.05) is 0 Å². The number of nitrogens with zero attached hydrogens (tertiary/aromatic N) is 1. The SMILES string of the molecule is CC1=C(C=O)C(NNC(N)=S)(c2ccco2)C(C=O)=C(C)N1NNC(N)=S. The summed E-state index contributed by atoms with van der Waals surface area (Å²) in [4.78, 5) is 24.2. The minimum atomic E-state index is -1.47. The van der Waals surface area contributed by atoms with Gasteiger partial charge in [-0.2, -0.15) is 0 Å². The molecule has 1 aromatic rings. The lowest BCUT2D eigenvalue weighted by atomic mass is 9.77. The lowest BCUT2D eigenvalue weighted by molar-refractivity contribution is -0.106. The molecule has 0 saturated carbocycles. The largest absolute Gasteiger partial charge is 0.467 e. The second kappa shape index (κ2) is 8.26. The van der Waals surface area contributed by atoms with Crippen molar-refractivity contribution in [1.82, 2.24) is 26.8 Å². The van der Waals surface area contributed by atoms with Crippen molar-refractivity contribution in [2.45, 2.75) is 19.4 Å². The Bertz CT molecular complexity index is 800. The van der Waals surface area contributed by atoms with Crippen LogP contribution in [0.3, 0.4) is 0 Å². The molecule has 27 heavy (non-hydrogen) atoms. The fraction of sp³-hybridized carbons (Fsp3) is 0.200. The number of allylic oxidation sites excluding steroid dienone is 2. The van der Waals surface area contributed by atoms with E-state index in [1.54, 1.807) is 26.0 Å². The molecule has 0 saturated heterocycles. The highest BCUT2D eigenvalue weighted by Gasteiger charge is 2.49. The van der Waals surface area contributed by atoms with Crippen LogP contribution in [0.2, 0.25) is 0 Å². The molecule has 0 amide bonds. The van der Waals surface area contributed by atoms with E-state index in [1.165, 1.54) is 11.3 Å². The van der Waals surface area contributed by atoms with Crippen molar-refractivity contribution >= 4 is 47.2 Å². The number of nitrogens with two attached hydrogens (primary N) is 2. The van der Waals surface area contributed by atoms with Crippen LogP contribution in [0.5, 0.6) is 0 Å². The number of nitrogens with one attached hydrogen (secondary N) is 4. The number of hydrogen-bond acceptors (Lipinski definition) is 8. The van der Waals surface area contributed by atoms with Crippen LogP contribution in [0.1, 0.15) is 19.6 Å². The summed E-state index contributed by atoms with van der Waals surface area (Å²) < 4.78 is 5.53. The van der Waals surface area contributed by atoms with E-state index in [9.17, 15) is 9.59 Å². The molecule has 0 radical (unpaired) electrons. The first kappa shape index (κ1) is 20.5. The van der Waals surface area contributed by atoms with Crippen molar-refractivity contribution in [1.29, 1.82) is 0 Å². The van der Waals surface area contributed by atoms with E-state index in [1.807, 2.05) is 0 Å². The summed E-state index contributed by atoms with van der Waals surface area (Å²) in [5, 5.41) is 1.37. The predicted octanol–water partition coefficient (Wildman–Crippen LogP) is -0.673. The summed E-state index contributed by atoms with van der Waals surface area (Å²) in [6, 6.07) is 3.26. The fourth-order valence-corrected chi connectivity index (χ4v) is 3.01. The van der Waals surface area contributed by atoms with Gasteiger partial charge < -0.3 is 15.9 Å². The lowest BCUT2D eigenvalue weighted by Gasteiger charge is -2.43. The van der Waals surface area contributed by atoms with E-state index in [0.29, 0.717) is 24.0 Å². The number of thiocarbonyl (C=S) groups is 2. The first-order chi connectivity index (χ1) is 12.8. The molecule has 1 aromatic heterocycles. The molecule has 0 spiro atoms. The Morgan fingerprint density at radius 1 is 1.11 bits per heavy atom. The zero-order valence-corrected chi connectivity index (χ0v) is 16.2. The normalized spacial score (nSPS) is 16.1. The molecule has 0 aliphatic carbocycles.